The van der Waals surface area contributed by atoms with Gasteiger partial charge in [-0.1, -0.05) is 30.7 Å². The molecule has 0 aliphatic heterocycles. The zero-order valence-corrected chi connectivity index (χ0v) is 19.5. The maximum absolute atomic E-state index is 12.6. The van der Waals surface area contributed by atoms with Crippen LogP contribution in [0.25, 0.3) is 6.08 Å². The van der Waals surface area contributed by atoms with Gasteiger partial charge in [0, 0.05) is 13.1 Å². The average Bonchev–Trinajstić information content (AvgIpc) is 2.74. The fourth-order valence-corrected chi connectivity index (χ4v) is 3.60. The summed E-state index contributed by atoms with van der Waals surface area (Å²) in [6.07, 6.45) is 3.92. The maximum atomic E-state index is 12.6. The van der Waals surface area contributed by atoms with Crippen LogP contribution < -0.4 is 14.6 Å². The number of hydrogen-bond acceptors (Lipinski definition) is 5. The topological polar surface area (TPSA) is 98.9 Å². The van der Waals surface area contributed by atoms with Crippen molar-refractivity contribution in [3.8, 4) is 11.5 Å². The first kappa shape index (κ1) is 24.7. The number of nitrogens with zero attached hydrogens (tertiary/aromatic N) is 1. The van der Waals surface area contributed by atoms with Gasteiger partial charge in [-0.05, 0) is 54.8 Å². The predicted octanol–water partition coefficient (Wildman–Crippen LogP) is 4.02. The summed E-state index contributed by atoms with van der Waals surface area (Å²) in [4.78, 5) is 14.2. The highest BCUT2D eigenvalue weighted by molar-refractivity contribution is 7.89. The summed E-state index contributed by atoms with van der Waals surface area (Å²) in [6, 6.07) is 9.28. The standard InChI is InChI=1S/C22H27ClN2O5S/c1-5-12-30-22-19(23)13-16(14-20(22)29-4)6-11-21(26)25(3)15(2)17-7-9-18(10-8-17)31(24,27)28/h6-11,13-15H,5,12H2,1-4H3,(H2,24,27,28)/b11-6+. The second-order valence-electron chi connectivity index (χ2n) is 6.96. The Morgan fingerprint density at radius 3 is 2.45 bits per heavy atom. The third-order valence-electron chi connectivity index (χ3n) is 4.74. The SMILES string of the molecule is CCCOc1c(Cl)cc(/C=C/C(=O)N(C)C(C)c2ccc(S(N)(=O)=O)cc2)cc1OC. The van der Waals surface area contributed by atoms with E-state index >= 15 is 0 Å². The molecular weight excluding hydrogens is 440 g/mol. The summed E-state index contributed by atoms with van der Waals surface area (Å²) in [6.45, 7) is 4.36. The number of carbonyl (C=O) groups excluding carboxylic acids is 1. The summed E-state index contributed by atoms with van der Waals surface area (Å²) in [5, 5.41) is 5.52. The highest BCUT2D eigenvalue weighted by atomic mass is 35.5. The molecule has 0 fully saturated rings. The Bertz CT molecular complexity index is 1050. The van der Waals surface area contributed by atoms with Crippen molar-refractivity contribution >= 4 is 33.6 Å². The molecule has 1 atom stereocenters. The molecule has 0 heterocycles. The van der Waals surface area contributed by atoms with Gasteiger partial charge >= 0.3 is 0 Å². The predicted molar refractivity (Wildman–Crippen MR) is 122 cm³/mol. The first-order valence-corrected chi connectivity index (χ1v) is 11.6. The number of benzene rings is 2. The second-order valence-corrected chi connectivity index (χ2v) is 8.92. The molecule has 0 aromatic heterocycles. The van der Waals surface area contributed by atoms with Crippen molar-refractivity contribution in [1.29, 1.82) is 0 Å². The van der Waals surface area contributed by atoms with E-state index in [2.05, 4.69) is 0 Å². The van der Waals surface area contributed by atoms with Crippen molar-refractivity contribution in [1.82, 2.24) is 4.90 Å². The summed E-state index contributed by atoms with van der Waals surface area (Å²) in [5.74, 6) is 0.734. The van der Waals surface area contributed by atoms with Crippen LogP contribution in [0.1, 0.15) is 37.4 Å². The largest absolute Gasteiger partial charge is 0.493 e. The van der Waals surface area contributed by atoms with Crippen LogP contribution in [0.5, 0.6) is 11.5 Å². The van der Waals surface area contributed by atoms with Crippen molar-refractivity contribution in [3.63, 3.8) is 0 Å². The smallest absolute Gasteiger partial charge is 0.246 e. The van der Waals surface area contributed by atoms with Gasteiger partial charge in [-0.3, -0.25) is 4.79 Å². The molecule has 0 aliphatic carbocycles. The first-order valence-electron chi connectivity index (χ1n) is 9.66. The van der Waals surface area contributed by atoms with Crippen molar-refractivity contribution in [2.24, 2.45) is 5.14 Å². The van der Waals surface area contributed by atoms with Crippen LogP contribution in [0, 0.1) is 0 Å². The van der Waals surface area contributed by atoms with Crippen molar-refractivity contribution in [3.05, 3.63) is 58.6 Å². The summed E-state index contributed by atoms with van der Waals surface area (Å²) in [5.41, 5.74) is 1.47. The quantitative estimate of drug-likeness (QED) is 0.563. The van der Waals surface area contributed by atoms with E-state index < -0.39 is 10.0 Å². The fraction of sp³-hybridized carbons (Fsp3) is 0.318. The highest BCUT2D eigenvalue weighted by Crippen LogP contribution is 2.37. The van der Waals surface area contributed by atoms with E-state index in [1.54, 1.807) is 42.3 Å². The highest BCUT2D eigenvalue weighted by Gasteiger charge is 2.17. The fourth-order valence-electron chi connectivity index (χ4n) is 2.82. The van der Waals surface area contributed by atoms with Gasteiger partial charge in [0.15, 0.2) is 11.5 Å². The third-order valence-corrected chi connectivity index (χ3v) is 5.95. The van der Waals surface area contributed by atoms with Crippen molar-refractivity contribution in [2.45, 2.75) is 31.2 Å². The zero-order valence-electron chi connectivity index (χ0n) is 18.0. The Kier molecular flexibility index (Phi) is 8.50. The summed E-state index contributed by atoms with van der Waals surface area (Å²) < 4.78 is 33.8. The molecule has 0 bridgehead atoms. The van der Waals surface area contributed by atoms with E-state index in [1.165, 1.54) is 25.3 Å². The van der Waals surface area contributed by atoms with Gasteiger partial charge in [-0.2, -0.15) is 0 Å². The lowest BCUT2D eigenvalue weighted by Gasteiger charge is -2.24. The molecule has 2 aromatic rings. The van der Waals surface area contributed by atoms with Gasteiger partial charge in [-0.15, -0.1) is 0 Å². The molecule has 2 aromatic carbocycles. The normalized spacial score (nSPS) is 12.6. The molecule has 1 amide bonds. The Balaban J connectivity index is 2.15. The van der Waals surface area contributed by atoms with Gasteiger partial charge in [0.05, 0.1) is 29.7 Å². The molecule has 0 spiro atoms. The Hall–Kier alpha value is -2.55. The molecule has 7 nitrogen and oxygen atoms in total. The molecule has 0 radical (unpaired) electrons. The number of rotatable bonds is 9. The second kappa shape index (κ2) is 10.7. The Morgan fingerprint density at radius 1 is 1.26 bits per heavy atom. The van der Waals surface area contributed by atoms with Gasteiger partial charge in [0.25, 0.3) is 0 Å². The maximum Gasteiger partial charge on any atom is 0.246 e. The summed E-state index contributed by atoms with van der Waals surface area (Å²) >= 11 is 6.32. The van der Waals surface area contributed by atoms with Crippen LogP contribution >= 0.6 is 11.6 Å². The minimum atomic E-state index is -3.76. The zero-order chi connectivity index (χ0) is 23.2. The van der Waals surface area contributed by atoms with Crippen LogP contribution in [0.4, 0.5) is 0 Å². The first-order chi connectivity index (χ1) is 14.6. The number of carbonyl (C=O) groups is 1. The molecule has 31 heavy (non-hydrogen) atoms. The number of hydrogen-bond donors (Lipinski definition) is 1. The van der Waals surface area contributed by atoms with E-state index in [-0.39, 0.29) is 16.8 Å². The number of sulfonamides is 1. The van der Waals surface area contributed by atoms with Crippen LogP contribution in [0.15, 0.2) is 47.4 Å². The minimum Gasteiger partial charge on any atom is -0.493 e. The number of nitrogens with two attached hydrogens (primary N) is 1. The minimum absolute atomic E-state index is 0.0227. The van der Waals surface area contributed by atoms with Gasteiger partial charge in [0.1, 0.15) is 0 Å². The number of likely N-dealkylation sites (N-methyl/N-ethyl adjacent to an activating group) is 1. The molecule has 2 N–H and O–H groups in total. The van der Waals surface area contributed by atoms with Gasteiger partial charge in [0.2, 0.25) is 15.9 Å². The van der Waals surface area contributed by atoms with Crippen molar-refractivity contribution in [2.75, 3.05) is 20.8 Å². The van der Waals surface area contributed by atoms with Gasteiger partial charge in [-0.25, -0.2) is 13.6 Å². The van der Waals surface area contributed by atoms with Crippen molar-refractivity contribution < 1.29 is 22.7 Å². The molecular formula is C22H27ClN2O5S. The lowest BCUT2D eigenvalue weighted by atomic mass is 10.1. The number of methoxy groups -OCH3 is 1. The summed E-state index contributed by atoms with van der Waals surface area (Å²) in [7, 11) is -0.566. The molecule has 2 rings (SSSR count). The van der Waals surface area contributed by atoms with E-state index in [0.29, 0.717) is 28.7 Å². The number of halogens is 1. The molecule has 0 aliphatic rings. The Morgan fingerprint density at radius 2 is 1.90 bits per heavy atom. The van der Waals surface area contributed by atoms with E-state index in [0.717, 1.165) is 12.0 Å². The number of ether oxygens (including phenoxy) is 2. The number of primary sulfonamides is 1. The lowest BCUT2D eigenvalue weighted by molar-refractivity contribution is -0.126. The Labute approximate surface area is 188 Å². The van der Waals surface area contributed by atoms with Crippen LogP contribution in [-0.4, -0.2) is 40.0 Å². The van der Waals surface area contributed by atoms with Crippen LogP contribution in [-0.2, 0) is 14.8 Å². The monoisotopic (exact) mass is 466 g/mol. The number of amides is 1. The van der Waals surface area contributed by atoms with Gasteiger partial charge < -0.3 is 14.4 Å². The molecule has 0 saturated heterocycles. The van der Waals surface area contributed by atoms with E-state index in [4.69, 9.17) is 26.2 Å². The van der Waals surface area contributed by atoms with E-state index in [9.17, 15) is 13.2 Å². The van der Waals surface area contributed by atoms with E-state index in [1.807, 2.05) is 13.8 Å². The molecule has 168 valence electrons. The van der Waals surface area contributed by atoms with Crippen LogP contribution in [0.2, 0.25) is 5.02 Å². The molecule has 1 unspecified atom stereocenters. The van der Waals surface area contributed by atoms with Crippen LogP contribution in [0.3, 0.4) is 0 Å². The third kappa shape index (κ3) is 6.46. The average molecular weight is 467 g/mol. The molecule has 0 saturated carbocycles. The lowest BCUT2D eigenvalue weighted by Crippen LogP contribution is -2.28. The molecule has 9 heteroatoms.